The molecule has 0 aliphatic rings. The zero-order valence-corrected chi connectivity index (χ0v) is 19.2. The van der Waals surface area contributed by atoms with Crippen LogP contribution in [0.4, 0.5) is 15.8 Å². The first-order valence-electron chi connectivity index (χ1n) is 9.50. The van der Waals surface area contributed by atoms with Gasteiger partial charge in [-0.05, 0) is 42.7 Å². The van der Waals surface area contributed by atoms with Gasteiger partial charge in [-0.1, -0.05) is 11.8 Å². The van der Waals surface area contributed by atoms with Gasteiger partial charge in [0.1, 0.15) is 17.2 Å². The number of benzene rings is 2. The molecule has 1 amide bonds. The standard InChI is InChI=1S/C20H20FN5O5S2/c1-32-20-24-12-18(25(20)14-5-3-13(21)4-6-14)19(27)23-10-9-22-16-8-7-15(33(2,30)31)11-17(16)26(28)29/h3-8,11-12,22H,9-10H2,1-2H3,(H,23,27). The summed E-state index contributed by atoms with van der Waals surface area (Å²) < 4.78 is 38.2. The van der Waals surface area contributed by atoms with Gasteiger partial charge in [0, 0.05) is 31.1 Å². The summed E-state index contributed by atoms with van der Waals surface area (Å²) in [5, 5.41) is 17.4. The maximum Gasteiger partial charge on any atom is 0.293 e. The highest BCUT2D eigenvalue weighted by Crippen LogP contribution is 2.27. The first-order chi connectivity index (χ1) is 15.6. The summed E-state index contributed by atoms with van der Waals surface area (Å²) in [6.07, 6.45) is 4.18. The number of rotatable bonds is 9. The first-order valence-corrected chi connectivity index (χ1v) is 12.6. The van der Waals surface area contributed by atoms with E-state index in [1.807, 2.05) is 0 Å². The zero-order valence-electron chi connectivity index (χ0n) is 17.6. The molecule has 0 saturated carbocycles. The SMILES string of the molecule is CSc1ncc(C(=O)NCCNc2ccc(S(C)(=O)=O)cc2[N+](=O)[O-])n1-c1ccc(F)cc1. The molecule has 0 unspecified atom stereocenters. The van der Waals surface area contributed by atoms with Crippen molar-refractivity contribution in [2.75, 3.05) is 30.9 Å². The summed E-state index contributed by atoms with van der Waals surface area (Å²) in [5.74, 6) is -0.837. The topological polar surface area (TPSA) is 136 Å². The smallest absolute Gasteiger partial charge is 0.293 e. The van der Waals surface area contributed by atoms with Crippen LogP contribution >= 0.6 is 11.8 Å². The van der Waals surface area contributed by atoms with Crippen molar-refractivity contribution in [2.45, 2.75) is 10.1 Å². The van der Waals surface area contributed by atoms with Gasteiger partial charge in [0.05, 0.1) is 16.0 Å². The Labute approximate surface area is 193 Å². The fraction of sp³-hybridized carbons (Fsp3) is 0.200. The molecule has 10 nitrogen and oxygen atoms in total. The molecule has 2 N–H and O–H groups in total. The molecule has 0 bridgehead atoms. The fourth-order valence-corrected chi connectivity index (χ4v) is 4.17. The van der Waals surface area contributed by atoms with Crippen LogP contribution in [0.3, 0.4) is 0 Å². The highest BCUT2D eigenvalue weighted by atomic mass is 32.2. The average Bonchev–Trinajstić information content (AvgIpc) is 3.20. The number of carbonyl (C=O) groups is 1. The van der Waals surface area contributed by atoms with E-state index in [4.69, 9.17) is 0 Å². The van der Waals surface area contributed by atoms with Crippen LogP contribution in [0.5, 0.6) is 0 Å². The number of amides is 1. The monoisotopic (exact) mass is 493 g/mol. The minimum absolute atomic E-state index is 0.118. The van der Waals surface area contributed by atoms with Crippen LogP contribution < -0.4 is 10.6 Å². The molecular formula is C20H20FN5O5S2. The van der Waals surface area contributed by atoms with Crippen molar-refractivity contribution < 1.29 is 22.5 Å². The minimum Gasteiger partial charge on any atom is -0.378 e. The van der Waals surface area contributed by atoms with Crippen molar-refractivity contribution in [3.63, 3.8) is 0 Å². The Bertz CT molecular complexity index is 1290. The molecule has 2 aromatic carbocycles. The van der Waals surface area contributed by atoms with Gasteiger partial charge in [0.25, 0.3) is 11.6 Å². The number of carbonyl (C=O) groups excluding carboxylic acids is 1. The van der Waals surface area contributed by atoms with Gasteiger partial charge in [0.2, 0.25) is 0 Å². The van der Waals surface area contributed by atoms with Gasteiger partial charge in [0.15, 0.2) is 15.0 Å². The number of hydrogen-bond acceptors (Lipinski definition) is 8. The number of aromatic nitrogens is 2. The number of nitrogens with zero attached hydrogens (tertiary/aromatic N) is 3. The molecule has 0 aliphatic carbocycles. The van der Waals surface area contributed by atoms with E-state index in [9.17, 15) is 27.7 Å². The lowest BCUT2D eigenvalue weighted by atomic mass is 10.2. The average molecular weight is 494 g/mol. The highest BCUT2D eigenvalue weighted by Gasteiger charge is 2.20. The van der Waals surface area contributed by atoms with Crippen LogP contribution in [-0.4, -0.2) is 54.4 Å². The molecule has 1 heterocycles. The number of nitrogens with one attached hydrogen (secondary N) is 2. The number of imidazole rings is 1. The summed E-state index contributed by atoms with van der Waals surface area (Å²) in [5.41, 5.74) is 0.559. The lowest BCUT2D eigenvalue weighted by Crippen LogP contribution is -2.30. The second-order valence-electron chi connectivity index (χ2n) is 6.83. The normalized spacial score (nSPS) is 11.2. The zero-order chi connectivity index (χ0) is 24.2. The molecule has 0 spiro atoms. The van der Waals surface area contributed by atoms with E-state index in [1.54, 1.807) is 10.8 Å². The molecule has 174 valence electrons. The maximum atomic E-state index is 13.3. The molecule has 0 atom stereocenters. The summed E-state index contributed by atoms with van der Waals surface area (Å²) in [7, 11) is -3.59. The summed E-state index contributed by atoms with van der Waals surface area (Å²) in [6.45, 7) is 0.262. The Morgan fingerprint density at radius 2 is 1.91 bits per heavy atom. The minimum atomic E-state index is -3.59. The quantitative estimate of drug-likeness (QED) is 0.201. The van der Waals surface area contributed by atoms with Gasteiger partial charge in [-0.15, -0.1) is 0 Å². The summed E-state index contributed by atoms with van der Waals surface area (Å²) in [4.78, 5) is 27.4. The van der Waals surface area contributed by atoms with E-state index < -0.39 is 26.5 Å². The number of sulfone groups is 1. The Morgan fingerprint density at radius 1 is 1.21 bits per heavy atom. The number of hydrogen-bond donors (Lipinski definition) is 2. The van der Waals surface area contributed by atoms with E-state index >= 15 is 0 Å². The van der Waals surface area contributed by atoms with Crippen LogP contribution in [0.25, 0.3) is 5.69 Å². The van der Waals surface area contributed by atoms with Crippen molar-refractivity contribution in [1.82, 2.24) is 14.9 Å². The van der Waals surface area contributed by atoms with Crippen LogP contribution in [0, 0.1) is 15.9 Å². The Balaban J connectivity index is 1.69. The van der Waals surface area contributed by atoms with Gasteiger partial charge < -0.3 is 10.6 Å². The lowest BCUT2D eigenvalue weighted by molar-refractivity contribution is -0.384. The summed E-state index contributed by atoms with van der Waals surface area (Å²) >= 11 is 1.32. The van der Waals surface area contributed by atoms with Crippen molar-refractivity contribution in [2.24, 2.45) is 0 Å². The van der Waals surface area contributed by atoms with Crippen molar-refractivity contribution >= 4 is 38.9 Å². The van der Waals surface area contributed by atoms with Crippen LogP contribution in [0.2, 0.25) is 0 Å². The second kappa shape index (κ2) is 10.0. The van der Waals surface area contributed by atoms with Crippen LogP contribution in [0.15, 0.2) is 58.7 Å². The third-order valence-electron chi connectivity index (χ3n) is 4.55. The Hall–Kier alpha value is -3.45. The largest absolute Gasteiger partial charge is 0.378 e. The fourth-order valence-electron chi connectivity index (χ4n) is 2.99. The van der Waals surface area contributed by atoms with E-state index in [2.05, 4.69) is 15.6 Å². The maximum absolute atomic E-state index is 13.3. The number of anilines is 1. The van der Waals surface area contributed by atoms with Crippen molar-refractivity contribution in [1.29, 1.82) is 0 Å². The van der Waals surface area contributed by atoms with E-state index in [1.165, 1.54) is 54.4 Å². The van der Waals surface area contributed by atoms with Crippen LogP contribution in [-0.2, 0) is 9.84 Å². The predicted octanol–water partition coefficient (Wildman–Crippen LogP) is 2.89. The molecular weight excluding hydrogens is 473 g/mol. The number of halogens is 1. The van der Waals surface area contributed by atoms with Gasteiger partial charge in [-0.3, -0.25) is 19.5 Å². The van der Waals surface area contributed by atoms with E-state index in [0.717, 1.165) is 12.3 Å². The molecule has 1 aromatic heterocycles. The molecule has 0 fully saturated rings. The van der Waals surface area contributed by atoms with Gasteiger partial charge in [-0.2, -0.15) is 0 Å². The molecule has 3 aromatic rings. The highest BCUT2D eigenvalue weighted by molar-refractivity contribution is 7.98. The summed E-state index contributed by atoms with van der Waals surface area (Å²) in [6, 6.07) is 9.21. The van der Waals surface area contributed by atoms with E-state index in [0.29, 0.717) is 10.8 Å². The predicted molar refractivity (Wildman–Crippen MR) is 122 cm³/mol. The number of nitro groups is 1. The molecule has 33 heavy (non-hydrogen) atoms. The molecule has 3 rings (SSSR count). The Morgan fingerprint density at radius 3 is 2.52 bits per heavy atom. The third-order valence-corrected chi connectivity index (χ3v) is 6.31. The lowest BCUT2D eigenvalue weighted by Gasteiger charge is -2.12. The Kier molecular flexibility index (Phi) is 7.33. The molecule has 0 radical (unpaired) electrons. The molecule has 13 heteroatoms. The first kappa shape index (κ1) is 24.2. The van der Waals surface area contributed by atoms with Crippen molar-refractivity contribution in [3.8, 4) is 5.69 Å². The molecule has 0 saturated heterocycles. The van der Waals surface area contributed by atoms with Crippen LogP contribution in [0.1, 0.15) is 10.5 Å². The van der Waals surface area contributed by atoms with Gasteiger partial charge >= 0.3 is 0 Å². The van der Waals surface area contributed by atoms with Crippen molar-refractivity contribution in [3.05, 3.63) is 70.3 Å². The second-order valence-corrected chi connectivity index (χ2v) is 9.62. The third kappa shape index (κ3) is 5.68. The molecule has 0 aliphatic heterocycles. The van der Waals surface area contributed by atoms with Gasteiger partial charge in [-0.25, -0.2) is 17.8 Å². The number of thioether (sulfide) groups is 1. The van der Waals surface area contributed by atoms with E-state index in [-0.39, 0.29) is 35.1 Å². The number of nitro benzene ring substituents is 1.